The first-order valence-electron chi connectivity index (χ1n) is 17.5. The van der Waals surface area contributed by atoms with E-state index < -0.39 is 0 Å². The lowest BCUT2D eigenvalue weighted by Gasteiger charge is -2.34. The Morgan fingerprint density at radius 2 is 1.08 bits per heavy atom. The van der Waals surface area contributed by atoms with Crippen molar-refractivity contribution in [3.63, 3.8) is 0 Å². The molecule has 0 radical (unpaired) electrons. The van der Waals surface area contributed by atoms with Crippen LogP contribution in [0.4, 0.5) is 0 Å². The molecule has 0 saturated carbocycles. The highest BCUT2D eigenvalue weighted by molar-refractivity contribution is 6.21. The molecule has 11 rings (SSSR count). The molecule has 0 amide bonds. The van der Waals surface area contributed by atoms with E-state index in [1.54, 1.807) is 0 Å². The van der Waals surface area contributed by atoms with Crippen molar-refractivity contribution in [1.29, 1.82) is 0 Å². The monoisotopic (exact) mass is 656 g/mol. The molecule has 4 heterocycles. The maximum Gasteiger partial charge on any atom is 0.160 e. The van der Waals surface area contributed by atoms with E-state index in [4.69, 9.17) is 4.42 Å². The fourth-order valence-electron chi connectivity index (χ4n) is 8.27. The smallest absolute Gasteiger partial charge is 0.160 e. The Hall–Kier alpha value is -6.56. The summed E-state index contributed by atoms with van der Waals surface area (Å²) in [7, 11) is 0. The van der Waals surface area contributed by atoms with Gasteiger partial charge in [-0.05, 0) is 65.7 Å². The average Bonchev–Trinajstić information content (AvgIpc) is 3.83. The van der Waals surface area contributed by atoms with Crippen LogP contribution in [0.5, 0.6) is 0 Å². The Morgan fingerprint density at radius 3 is 1.88 bits per heavy atom. The van der Waals surface area contributed by atoms with Crippen LogP contribution >= 0.6 is 0 Å². The number of fused-ring (bicyclic) bond motifs is 9. The number of hydrogen-bond donors (Lipinski definition) is 2. The Balaban J connectivity index is 1.24. The third-order valence-corrected chi connectivity index (χ3v) is 10.6. The molecule has 0 saturated heterocycles. The molecule has 242 valence electrons. The van der Waals surface area contributed by atoms with E-state index in [0.29, 0.717) is 0 Å². The van der Waals surface area contributed by atoms with Gasteiger partial charge < -0.3 is 18.9 Å². The summed E-state index contributed by atoms with van der Waals surface area (Å²) in [4.78, 5) is 0. The molecular formula is C46H32N4O. The number of para-hydroxylation sites is 3. The van der Waals surface area contributed by atoms with Gasteiger partial charge in [0.2, 0.25) is 0 Å². The van der Waals surface area contributed by atoms with Gasteiger partial charge in [-0.3, -0.25) is 5.32 Å². The first-order chi connectivity index (χ1) is 25.3. The van der Waals surface area contributed by atoms with Crippen molar-refractivity contribution >= 4 is 71.2 Å². The zero-order valence-electron chi connectivity index (χ0n) is 27.6. The van der Waals surface area contributed by atoms with E-state index in [1.807, 2.05) is 6.07 Å². The van der Waals surface area contributed by atoms with Gasteiger partial charge in [-0.15, -0.1) is 0 Å². The van der Waals surface area contributed by atoms with Crippen LogP contribution in [-0.2, 0) is 0 Å². The fraction of sp³-hybridized carbons (Fsp3) is 0.0435. The molecule has 1 aliphatic rings. The van der Waals surface area contributed by atoms with E-state index in [-0.39, 0.29) is 12.3 Å². The normalized spacial score (nSPS) is 16.4. The first kappa shape index (κ1) is 28.3. The SMILES string of the molecule is C1=C(c2ccccc2)NC(n2c3cc4c(cc3c3cc5c(cc32)c2ccccc2n5-c2ccccc2)oc2ccccc24)NC1c1ccccc1. The summed E-state index contributed by atoms with van der Waals surface area (Å²) >= 11 is 0. The minimum atomic E-state index is -0.258. The van der Waals surface area contributed by atoms with Crippen LogP contribution in [-0.4, -0.2) is 9.13 Å². The van der Waals surface area contributed by atoms with Crippen molar-refractivity contribution in [3.8, 4) is 5.69 Å². The Labute approximate surface area is 293 Å². The van der Waals surface area contributed by atoms with Crippen LogP contribution in [0.15, 0.2) is 174 Å². The van der Waals surface area contributed by atoms with Crippen LogP contribution in [0.1, 0.15) is 23.5 Å². The third-order valence-electron chi connectivity index (χ3n) is 10.6. The number of rotatable bonds is 4. The molecule has 51 heavy (non-hydrogen) atoms. The van der Waals surface area contributed by atoms with Crippen molar-refractivity contribution < 1.29 is 4.42 Å². The predicted octanol–water partition coefficient (Wildman–Crippen LogP) is 11.2. The summed E-state index contributed by atoms with van der Waals surface area (Å²) in [6.07, 6.45) is 2.05. The summed E-state index contributed by atoms with van der Waals surface area (Å²) < 4.78 is 11.3. The molecule has 10 aromatic rings. The highest BCUT2D eigenvalue weighted by Crippen LogP contribution is 2.42. The molecule has 2 N–H and O–H groups in total. The summed E-state index contributed by atoms with van der Waals surface area (Å²) in [5.74, 6) is 0. The van der Waals surface area contributed by atoms with Gasteiger partial charge in [0.25, 0.3) is 0 Å². The molecule has 0 bridgehead atoms. The van der Waals surface area contributed by atoms with Crippen LogP contribution in [0.2, 0.25) is 0 Å². The van der Waals surface area contributed by atoms with Crippen LogP contribution < -0.4 is 10.6 Å². The molecule has 2 unspecified atom stereocenters. The maximum atomic E-state index is 6.49. The second-order valence-electron chi connectivity index (χ2n) is 13.5. The molecule has 0 spiro atoms. The maximum absolute atomic E-state index is 6.49. The molecule has 0 fully saturated rings. The molecule has 0 aliphatic carbocycles. The van der Waals surface area contributed by atoms with Crippen LogP contribution in [0, 0.1) is 0 Å². The van der Waals surface area contributed by atoms with Crippen molar-refractivity contribution in [2.45, 2.75) is 12.3 Å². The first-order valence-corrected chi connectivity index (χ1v) is 17.5. The van der Waals surface area contributed by atoms with Gasteiger partial charge >= 0.3 is 0 Å². The summed E-state index contributed by atoms with van der Waals surface area (Å²) in [6.45, 7) is 0. The summed E-state index contributed by atoms with van der Waals surface area (Å²) in [6, 6.07) is 58.4. The van der Waals surface area contributed by atoms with Crippen molar-refractivity contribution in [3.05, 3.63) is 181 Å². The minimum absolute atomic E-state index is 0.0117. The lowest BCUT2D eigenvalue weighted by atomic mass is 10.0. The number of benzene rings is 7. The van der Waals surface area contributed by atoms with E-state index in [1.165, 1.54) is 32.8 Å². The van der Waals surface area contributed by atoms with Gasteiger partial charge in [0.1, 0.15) is 11.2 Å². The number of furan rings is 1. The summed E-state index contributed by atoms with van der Waals surface area (Å²) in [5, 5.41) is 14.9. The number of hydrogen-bond acceptors (Lipinski definition) is 3. The van der Waals surface area contributed by atoms with Gasteiger partial charge in [-0.2, -0.15) is 0 Å². The minimum Gasteiger partial charge on any atom is -0.456 e. The largest absolute Gasteiger partial charge is 0.456 e. The van der Waals surface area contributed by atoms with E-state index in [0.717, 1.165) is 55.3 Å². The van der Waals surface area contributed by atoms with Crippen molar-refractivity contribution in [1.82, 2.24) is 19.8 Å². The van der Waals surface area contributed by atoms with Gasteiger partial charge in [0.15, 0.2) is 6.29 Å². The quantitative estimate of drug-likeness (QED) is 0.198. The average molecular weight is 657 g/mol. The molecule has 7 aromatic carbocycles. The Bertz CT molecular complexity index is 2970. The van der Waals surface area contributed by atoms with Gasteiger partial charge in [-0.25, -0.2) is 0 Å². The molecule has 5 nitrogen and oxygen atoms in total. The zero-order valence-corrected chi connectivity index (χ0v) is 27.6. The standard InChI is InChI=1S/C46H32N4O/c1-4-14-29(15-5-1)38-28-39(30-16-6-2-7-17-30)48-46(47-38)50-42-24-34-32-20-10-12-22-40(32)49(31-18-8-3-9-19-31)41(34)25-35(42)36-27-45-37(26-43(36)50)33-21-11-13-23-44(33)51-45/h1-28,38,46-48H. The predicted molar refractivity (Wildman–Crippen MR) is 210 cm³/mol. The van der Waals surface area contributed by atoms with Gasteiger partial charge in [0.05, 0.1) is 28.1 Å². The lowest BCUT2D eigenvalue weighted by molar-refractivity contribution is 0.351. The molecule has 3 aromatic heterocycles. The Kier molecular flexibility index (Phi) is 6.09. The van der Waals surface area contributed by atoms with Gasteiger partial charge in [-0.1, -0.05) is 115 Å². The summed E-state index contributed by atoms with van der Waals surface area (Å²) in [5.41, 5.74) is 11.1. The van der Waals surface area contributed by atoms with Crippen LogP contribution in [0.25, 0.3) is 76.9 Å². The number of nitrogens with one attached hydrogen (secondary N) is 2. The highest BCUT2D eigenvalue weighted by atomic mass is 16.3. The molecule has 2 atom stereocenters. The number of nitrogens with zero attached hydrogens (tertiary/aromatic N) is 2. The van der Waals surface area contributed by atoms with E-state index in [2.05, 4.69) is 184 Å². The van der Waals surface area contributed by atoms with E-state index in [9.17, 15) is 0 Å². The van der Waals surface area contributed by atoms with Gasteiger partial charge in [0, 0.05) is 43.7 Å². The van der Waals surface area contributed by atoms with Crippen molar-refractivity contribution in [2.75, 3.05) is 0 Å². The highest BCUT2D eigenvalue weighted by Gasteiger charge is 2.28. The van der Waals surface area contributed by atoms with Crippen molar-refractivity contribution in [2.24, 2.45) is 0 Å². The number of aromatic nitrogens is 2. The van der Waals surface area contributed by atoms with E-state index >= 15 is 0 Å². The Morgan fingerprint density at radius 1 is 0.471 bits per heavy atom. The third kappa shape index (κ3) is 4.32. The topological polar surface area (TPSA) is 47.1 Å². The lowest BCUT2D eigenvalue weighted by Crippen LogP contribution is -2.43. The molecule has 5 heteroatoms. The molecule has 1 aliphatic heterocycles. The fourth-order valence-corrected chi connectivity index (χ4v) is 8.27. The van der Waals surface area contributed by atoms with Crippen LogP contribution in [0.3, 0.4) is 0 Å². The second kappa shape index (κ2) is 11.0. The second-order valence-corrected chi connectivity index (χ2v) is 13.5. The zero-order chi connectivity index (χ0) is 33.5. The molecular weight excluding hydrogens is 625 g/mol.